The highest BCUT2D eigenvalue weighted by molar-refractivity contribution is 5.68. The minimum absolute atomic E-state index is 0.590. The van der Waals surface area contributed by atoms with Crippen molar-refractivity contribution in [2.24, 2.45) is 0 Å². The number of hydrogen-bond donors (Lipinski definition) is 1. The zero-order chi connectivity index (χ0) is 14.8. The van der Waals surface area contributed by atoms with E-state index in [9.17, 15) is 0 Å². The molecule has 0 amide bonds. The fourth-order valence-corrected chi connectivity index (χ4v) is 2.70. The fourth-order valence-electron chi connectivity index (χ4n) is 2.70. The summed E-state index contributed by atoms with van der Waals surface area (Å²) >= 11 is 0. The van der Waals surface area contributed by atoms with Gasteiger partial charge in [0.2, 0.25) is 0 Å². The summed E-state index contributed by atoms with van der Waals surface area (Å²) in [7, 11) is 0. The predicted octanol–water partition coefficient (Wildman–Crippen LogP) is 5.04. The van der Waals surface area contributed by atoms with Crippen molar-refractivity contribution >= 4 is 0 Å². The molecule has 110 valence electrons. The van der Waals surface area contributed by atoms with Gasteiger partial charge in [0, 0.05) is 12.6 Å². The largest absolute Gasteiger partial charge is 0.310 e. The van der Waals surface area contributed by atoms with Gasteiger partial charge in [0.15, 0.2) is 0 Å². The van der Waals surface area contributed by atoms with Crippen LogP contribution in [0.3, 0.4) is 0 Å². The summed E-state index contributed by atoms with van der Waals surface area (Å²) in [5.74, 6) is 0.590. The van der Waals surface area contributed by atoms with Crippen LogP contribution in [0.5, 0.6) is 0 Å². The van der Waals surface area contributed by atoms with Crippen LogP contribution in [0.25, 0.3) is 11.1 Å². The van der Waals surface area contributed by atoms with E-state index in [1.54, 1.807) is 0 Å². The molecule has 0 aliphatic heterocycles. The van der Waals surface area contributed by atoms with E-state index in [-0.39, 0.29) is 0 Å². The van der Waals surface area contributed by atoms with Crippen LogP contribution in [0.4, 0.5) is 0 Å². The van der Waals surface area contributed by atoms with E-state index in [1.165, 1.54) is 40.7 Å². The van der Waals surface area contributed by atoms with E-state index in [0.29, 0.717) is 5.92 Å². The van der Waals surface area contributed by atoms with E-state index in [1.807, 2.05) is 0 Å². The van der Waals surface area contributed by atoms with Crippen molar-refractivity contribution in [1.82, 2.24) is 5.32 Å². The van der Waals surface area contributed by atoms with E-state index < -0.39 is 0 Å². The summed E-state index contributed by atoms with van der Waals surface area (Å²) in [6, 6.07) is 16.6. The Balaban J connectivity index is 1.89. The van der Waals surface area contributed by atoms with Crippen LogP contribution >= 0.6 is 0 Å². The summed E-state index contributed by atoms with van der Waals surface area (Å²) in [4.78, 5) is 0. The number of benzene rings is 2. The van der Waals surface area contributed by atoms with Gasteiger partial charge in [0.05, 0.1) is 0 Å². The average molecular weight is 279 g/mol. The normalized spacial score (nSPS) is 14.7. The summed E-state index contributed by atoms with van der Waals surface area (Å²) < 4.78 is 0. The summed E-state index contributed by atoms with van der Waals surface area (Å²) in [6.07, 6.45) is 2.68. The fraction of sp³-hybridized carbons (Fsp3) is 0.400. The molecule has 2 aromatic carbocycles. The summed E-state index contributed by atoms with van der Waals surface area (Å²) in [5.41, 5.74) is 6.84. The predicted molar refractivity (Wildman–Crippen MR) is 90.6 cm³/mol. The molecular weight excluding hydrogens is 254 g/mol. The molecule has 1 heteroatoms. The SMILES string of the molecule is Cc1ccc(CNC2CC2)c(-c2ccc(C(C)C)cc2)c1. The highest BCUT2D eigenvalue weighted by Gasteiger charge is 2.20. The van der Waals surface area contributed by atoms with Gasteiger partial charge in [-0.3, -0.25) is 0 Å². The van der Waals surface area contributed by atoms with Gasteiger partial charge in [-0.15, -0.1) is 0 Å². The molecule has 0 unspecified atom stereocenters. The minimum Gasteiger partial charge on any atom is -0.310 e. The first-order valence-electron chi connectivity index (χ1n) is 8.07. The maximum absolute atomic E-state index is 3.63. The lowest BCUT2D eigenvalue weighted by Gasteiger charge is -2.13. The van der Waals surface area contributed by atoms with Crippen molar-refractivity contribution in [2.45, 2.75) is 52.1 Å². The lowest BCUT2D eigenvalue weighted by Crippen LogP contribution is -2.15. The molecule has 1 saturated carbocycles. The van der Waals surface area contributed by atoms with Gasteiger partial charge in [-0.05, 0) is 47.9 Å². The topological polar surface area (TPSA) is 12.0 Å². The maximum atomic E-state index is 3.63. The van der Waals surface area contributed by atoms with Gasteiger partial charge in [0.1, 0.15) is 0 Å². The van der Waals surface area contributed by atoms with Crippen molar-refractivity contribution in [3.8, 4) is 11.1 Å². The Morgan fingerprint density at radius 2 is 1.76 bits per heavy atom. The van der Waals surface area contributed by atoms with Crippen molar-refractivity contribution in [3.05, 3.63) is 59.2 Å². The van der Waals surface area contributed by atoms with Crippen molar-refractivity contribution in [1.29, 1.82) is 0 Å². The molecule has 0 radical (unpaired) electrons. The van der Waals surface area contributed by atoms with Crippen LogP contribution in [-0.4, -0.2) is 6.04 Å². The smallest absolute Gasteiger partial charge is 0.0214 e. The molecular formula is C20H25N. The van der Waals surface area contributed by atoms with Crippen LogP contribution < -0.4 is 5.32 Å². The number of nitrogens with one attached hydrogen (secondary N) is 1. The zero-order valence-electron chi connectivity index (χ0n) is 13.3. The van der Waals surface area contributed by atoms with Crippen molar-refractivity contribution < 1.29 is 0 Å². The Bertz CT molecular complexity index is 606. The molecule has 0 spiro atoms. The monoisotopic (exact) mass is 279 g/mol. The molecule has 0 aromatic heterocycles. The highest BCUT2D eigenvalue weighted by Crippen LogP contribution is 2.28. The molecule has 0 saturated heterocycles. The molecule has 1 nitrogen and oxygen atoms in total. The van der Waals surface area contributed by atoms with Gasteiger partial charge in [-0.1, -0.05) is 61.9 Å². The summed E-state index contributed by atoms with van der Waals surface area (Å²) in [6.45, 7) is 7.63. The molecule has 1 N–H and O–H groups in total. The highest BCUT2D eigenvalue weighted by atomic mass is 14.9. The third kappa shape index (κ3) is 3.54. The Kier molecular flexibility index (Phi) is 4.12. The standard InChI is InChI=1S/C20H25N/c1-14(2)16-6-8-17(9-7-16)20-12-15(3)4-5-18(20)13-21-19-10-11-19/h4-9,12,14,19,21H,10-11,13H2,1-3H3. The first-order valence-corrected chi connectivity index (χ1v) is 8.07. The van der Waals surface area contributed by atoms with Gasteiger partial charge in [-0.25, -0.2) is 0 Å². The van der Waals surface area contributed by atoms with Crippen LogP contribution in [0, 0.1) is 6.92 Å². The molecule has 2 aromatic rings. The first-order chi connectivity index (χ1) is 10.1. The molecule has 0 heterocycles. The second-order valence-electron chi connectivity index (χ2n) is 6.59. The average Bonchev–Trinajstić information content (AvgIpc) is 3.30. The van der Waals surface area contributed by atoms with Crippen molar-refractivity contribution in [3.63, 3.8) is 0 Å². The second kappa shape index (κ2) is 6.03. The van der Waals surface area contributed by atoms with E-state index in [0.717, 1.165) is 12.6 Å². The maximum Gasteiger partial charge on any atom is 0.0214 e. The van der Waals surface area contributed by atoms with Crippen molar-refractivity contribution in [2.75, 3.05) is 0 Å². The minimum atomic E-state index is 0.590. The Labute approximate surface area is 128 Å². The van der Waals surface area contributed by atoms with Crippen LogP contribution in [0.2, 0.25) is 0 Å². The number of hydrogen-bond acceptors (Lipinski definition) is 1. The third-order valence-corrected chi connectivity index (χ3v) is 4.31. The van der Waals surface area contributed by atoms with Gasteiger partial charge < -0.3 is 5.32 Å². The van der Waals surface area contributed by atoms with Crippen LogP contribution in [-0.2, 0) is 6.54 Å². The first kappa shape index (κ1) is 14.3. The van der Waals surface area contributed by atoms with E-state index in [4.69, 9.17) is 0 Å². The molecule has 1 aliphatic carbocycles. The third-order valence-electron chi connectivity index (χ3n) is 4.31. The van der Waals surface area contributed by atoms with Crippen LogP contribution in [0.1, 0.15) is 49.3 Å². The van der Waals surface area contributed by atoms with Gasteiger partial charge >= 0.3 is 0 Å². The Hall–Kier alpha value is -1.60. The lowest BCUT2D eigenvalue weighted by molar-refractivity contribution is 0.688. The molecule has 21 heavy (non-hydrogen) atoms. The summed E-state index contributed by atoms with van der Waals surface area (Å²) in [5, 5.41) is 3.63. The Morgan fingerprint density at radius 3 is 2.38 bits per heavy atom. The zero-order valence-corrected chi connectivity index (χ0v) is 13.3. The quantitative estimate of drug-likeness (QED) is 0.808. The molecule has 0 bridgehead atoms. The lowest BCUT2D eigenvalue weighted by atomic mass is 9.94. The number of rotatable bonds is 5. The molecule has 0 atom stereocenters. The van der Waals surface area contributed by atoms with Gasteiger partial charge in [0.25, 0.3) is 0 Å². The van der Waals surface area contributed by atoms with Gasteiger partial charge in [-0.2, -0.15) is 0 Å². The van der Waals surface area contributed by atoms with E-state index >= 15 is 0 Å². The second-order valence-corrected chi connectivity index (χ2v) is 6.59. The van der Waals surface area contributed by atoms with E-state index in [2.05, 4.69) is 68.6 Å². The Morgan fingerprint density at radius 1 is 1.05 bits per heavy atom. The molecule has 1 fully saturated rings. The molecule has 3 rings (SSSR count). The molecule has 1 aliphatic rings. The number of aryl methyl sites for hydroxylation is 1. The van der Waals surface area contributed by atoms with Crippen LogP contribution in [0.15, 0.2) is 42.5 Å².